The van der Waals surface area contributed by atoms with Gasteiger partial charge in [0.15, 0.2) is 5.96 Å². The Hall–Kier alpha value is -1.91. The van der Waals surface area contributed by atoms with Crippen molar-refractivity contribution in [3.8, 4) is 11.5 Å². The van der Waals surface area contributed by atoms with E-state index in [1.54, 1.807) is 14.2 Å². The Morgan fingerprint density at radius 3 is 2.52 bits per heavy atom. The molecule has 1 fully saturated rings. The average Bonchev–Trinajstić information content (AvgIpc) is 3.35. The van der Waals surface area contributed by atoms with Gasteiger partial charge in [0.1, 0.15) is 11.5 Å². The van der Waals surface area contributed by atoms with Crippen molar-refractivity contribution in [2.24, 2.45) is 10.9 Å². The van der Waals surface area contributed by atoms with Crippen molar-refractivity contribution >= 4 is 5.96 Å². The van der Waals surface area contributed by atoms with Crippen LogP contribution in [0.1, 0.15) is 19.3 Å². The van der Waals surface area contributed by atoms with Crippen LogP contribution in [0.15, 0.2) is 29.3 Å². The third kappa shape index (κ3) is 5.94. The summed E-state index contributed by atoms with van der Waals surface area (Å²) in [7, 11) is 3.46. The van der Waals surface area contributed by atoms with Crippen LogP contribution >= 0.6 is 0 Å². The molecule has 1 aromatic carbocycles. The Balaban J connectivity index is 1.55. The fraction of sp³-hybridized carbons (Fsp3) is 0.562. The quantitative estimate of drug-likeness (QED) is 0.437. The minimum absolute atomic E-state index is 0.680. The number of hydrogen-bond acceptors (Lipinski definition) is 3. The third-order valence-corrected chi connectivity index (χ3v) is 3.42. The minimum atomic E-state index is 0.680. The van der Waals surface area contributed by atoms with Gasteiger partial charge in [0.25, 0.3) is 0 Å². The fourth-order valence-corrected chi connectivity index (χ4v) is 1.92. The molecule has 1 aliphatic rings. The highest BCUT2D eigenvalue weighted by Crippen LogP contribution is 2.27. The first-order valence-electron chi connectivity index (χ1n) is 7.53. The van der Waals surface area contributed by atoms with Crippen LogP contribution in [0.2, 0.25) is 0 Å². The molecule has 5 heteroatoms. The summed E-state index contributed by atoms with van der Waals surface area (Å²) in [5.41, 5.74) is 0. The molecule has 0 atom stereocenters. The van der Waals surface area contributed by atoms with Gasteiger partial charge in [-0.15, -0.1) is 0 Å². The predicted molar refractivity (Wildman–Crippen MR) is 85.2 cm³/mol. The van der Waals surface area contributed by atoms with Crippen molar-refractivity contribution in [1.82, 2.24) is 10.6 Å². The first-order chi connectivity index (χ1) is 10.3. The van der Waals surface area contributed by atoms with E-state index < -0.39 is 0 Å². The van der Waals surface area contributed by atoms with E-state index in [0.717, 1.165) is 42.9 Å². The van der Waals surface area contributed by atoms with Crippen LogP contribution in [0.4, 0.5) is 0 Å². The average molecular weight is 291 g/mol. The first kappa shape index (κ1) is 15.5. The Labute approximate surface area is 126 Å². The van der Waals surface area contributed by atoms with Crippen LogP contribution in [0.3, 0.4) is 0 Å². The zero-order chi connectivity index (χ0) is 14.9. The standard InChI is InChI=1S/C16H25N3O2/c1-17-16(19-12-13-4-5-13)18-10-3-11-21-15-8-6-14(20-2)7-9-15/h6-9,13H,3-5,10-12H2,1-2H3,(H2,17,18,19). The second kappa shape index (κ2) is 8.39. The van der Waals surface area contributed by atoms with Gasteiger partial charge < -0.3 is 20.1 Å². The van der Waals surface area contributed by atoms with E-state index in [-0.39, 0.29) is 0 Å². The highest BCUT2D eigenvalue weighted by Gasteiger charge is 2.20. The molecule has 5 nitrogen and oxygen atoms in total. The third-order valence-electron chi connectivity index (χ3n) is 3.42. The van der Waals surface area contributed by atoms with Gasteiger partial charge in [0, 0.05) is 20.1 Å². The van der Waals surface area contributed by atoms with E-state index >= 15 is 0 Å². The molecule has 0 spiro atoms. The molecule has 1 aliphatic carbocycles. The molecular formula is C16H25N3O2. The minimum Gasteiger partial charge on any atom is -0.497 e. The van der Waals surface area contributed by atoms with Crippen LogP contribution in [-0.4, -0.2) is 39.8 Å². The summed E-state index contributed by atoms with van der Waals surface area (Å²) in [6.45, 7) is 2.56. The number of rotatable bonds is 8. The van der Waals surface area contributed by atoms with Gasteiger partial charge in [-0.25, -0.2) is 0 Å². The van der Waals surface area contributed by atoms with Crippen molar-refractivity contribution < 1.29 is 9.47 Å². The fourth-order valence-electron chi connectivity index (χ4n) is 1.92. The molecule has 1 saturated carbocycles. The van der Waals surface area contributed by atoms with Gasteiger partial charge in [0.05, 0.1) is 13.7 Å². The van der Waals surface area contributed by atoms with Gasteiger partial charge in [0.2, 0.25) is 0 Å². The van der Waals surface area contributed by atoms with E-state index in [9.17, 15) is 0 Å². The van der Waals surface area contributed by atoms with E-state index in [4.69, 9.17) is 9.47 Å². The molecule has 0 amide bonds. The molecule has 1 aromatic rings. The van der Waals surface area contributed by atoms with E-state index in [2.05, 4.69) is 15.6 Å². The number of ether oxygens (including phenoxy) is 2. The maximum Gasteiger partial charge on any atom is 0.190 e. The zero-order valence-corrected chi connectivity index (χ0v) is 12.9. The van der Waals surface area contributed by atoms with Gasteiger partial charge in [-0.05, 0) is 49.4 Å². The zero-order valence-electron chi connectivity index (χ0n) is 12.9. The van der Waals surface area contributed by atoms with Crippen molar-refractivity contribution in [1.29, 1.82) is 0 Å². The van der Waals surface area contributed by atoms with Crippen LogP contribution in [0.25, 0.3) is 0 Å². The maximum absolute atomic E-state index is 5.67. The summed E-state index contributed by atoms with van der Waals surface area (Å²) in [5, 5.41) is 6.63. The molecule has 0 heterocycles. The molecule has 2 N–H and O–H groups in total. The van der Waals surface area contributed by atoms with Gasteiger partial charge in [-0.3, -0.25) is 4.99 Å². The van der Waals surface area contributed by atoms with Crippen LogP contribution in [0.5, 0.6) is 11.5 Å². The molecule has 2 rings (SSSR count). The maximum atomic E-state index is 5.67. The topological polar surface area (TPSA) is 54.9 Å². The summed E-state index contributed by atoms with van der Waals surface area (Å²) in [4.78, 5) is 4.20. The smallest absolute Gasteiger partial charge is 0.190 e. The summed E-state index contributed by atoms with van der Waals surface area (Å²) in [6, 6.07) is 7.64. The number of nitrogens with zero attached hydrogens (tertiary/aromatic N) is 1. The molecule has 0 aliphatic heterocycles. The first-order valence-corrected chi connectivity index (χ1v) is 7.53. The molecule has 21 heavy (non-hydrogen) atoms. The van der Waals surface area contributed by atoms with Crippen molar-refractivity contribution in [3.05, 3.63) is 24.3 Å². The normalized spacial score (nSPS) is 14.7. The second-order valence-corrected chi connectivity index (χ2v) is 5.20. The van der Waals surface area contributed by atoms with Gasteiger partial charge >= 0.3 is 0 Å². The summed E-state index contributed by atoms with van der Waals surface area (Å²) < 4.78 is 10.8. The predicted octanol–water partition coefficient (Wildman–Crippen LogP) is 2.04. The molecule has 0 aromatic heterocycles. The molecule has 116 valence electrons. The van der Waals surface area contributed by atoms with Crippen molar-refractivity contribution in [2.75, 3.05) is 33.9 Å². The van der Waals surface area contributed by atoms with Gasteiger partial charge in [-0.2, -0.15) is 0 Å². The Morgan fingerprint density at radius 2 is 1.90 bits per heavy atom. The van der Waals surface area contributed by atoms with Crippen molar-refractivity contribution in [2.45, 2.75) is 19.3 Å². The highest BCUT2D eigenvalue weighted by atomic mass is 16.5. The second-order valence-electron chi connectivity index (χ2n) is 5.20. The lowest BCUT2D eigenvalue weighted by molar-refractivity contribution is 0.310. The molecule has 0 radical (unpaired) electrons. The molecule has 0 saturated heterocycles. The summed E-state index contributed by atoms with van der Waals surface area (Å²) in [5.74, 6) is 3.44. The molecular weight excluding hydrogens is 266 g/mol. The van der Waals surface area contributed by atoms with Gasteiger partial charge in [-0.1, -0.05) is 0 Å². The number of methoxy groups -OCH3 is 1. The summed E-state index contributed by atoms with van der Waals surface area (Å²) >= 11 is 0. The van der Waals surface area contributed by atoms with Crippen LogP contribution in [0, 0.1) is 5.92 Å². The number of hydrogen-bond donors (Lipinski definition) is 2. The number of nitrogens with one attached hydrogen (secondary N) is 2. The van der Waals surface area contributed by atoms with E-state index in [1.165, 1.54) is 12.8 Å². The largest absolute Gasteiger partial charge is 0.497 e. The van der Waals surface area contributed by atoms with Crippen molar-refractivity contribution in [3.63, 3.8) is 0 Å². The number of benzene rings is 1. The van der Waals surface area contributed by atoms with E-state index in [0.29, 0.717) is 6.61 Å². The number of aliphatic imine (C=N–C) groups is 1. The van der Waals surface area contributed by atoms with Crippen LogP contribution < -0.4 is 20.1 Å². The summed E-state index contributed by atoms with van der Waals surface area (Å²) in [6.07, 6.45) is 3.62. The Morgan fingerprint density at radius 1 is 1.19 bits per heavy atom. The van der Waals surface area contributed by atoms with Crippen LogP contribution in [-0.2, 0) is 0 Å². The molecule has 0 unspecified atom stereocenters. The molecule has 0 bridgehead atoms. The monoisotopic (exact) mass is 291 g/mol. The highest BCUT2D eigenvalue weighted by molar-refractivity contribution is 5.79. The van der Waals surface area contributed by atoms with E-state index in [1.807, 2.05) is 24.3 Å². The Bertz CT molecular complexity index is 441. The Kier molecular flexibility index (Phi) is 6.19. The number of guanidine groups is 1. The lowest BCUT2D eigenvalue weighted by atomic mass is 10.3. The SMILES string of the molecule is CN=C(NCCCOc1ccc(OC)cc1)NCC1CC1. The lowest BCUT2D eigenvalue weighted by Crippen LogP contribution is -2.39. The lowest BCUT2D eigenvalue weighted by Gasteiger charge is -2.12.